The van der Waals surface area contributed by atoms with Crippen molar-refractivity contribution in [2.75, 3.05) is 0 Å². The molecule has 8 heteroatoms. The van der Waals surface area contributed by atoms with Gasteiger partial charge in [0, 0.05) is 19.3 Å². The Kier molecular flexibility index (Phi) is 3.50. The van der Waals surface area contributed by atoms with Gasteiger partial charge in [-0.05, 0) is 18.2 Å². The molecule has 0 aliphatic carbocycles. The molecule has 0 aromatic carbocycles. The van der Waals surface area contributed by atoms with Gasteiger partial charge in [0.15, 0.2) is 0 Å². The maximum absolute atomic E-state index is 12.9. The zero-order valence-electron chi connectivity index (χ0n) is 11.1. The van der Waals surface area contributed by atoms with Crippen LogP contribution in [0, 0.1) is 5.82 Å². The molecule has 0 unspecified atom stereocenters. The number of aromatic nitrogens is 6. The van der Waals surface area contributed by atoms with Crippen LogP contribution in [-0.4, -0.2) is 30.2 Å². The molecule has 0 atom stereocenters. The normalized spacial score (nSPS) is 10.6. The van der Waals surface area contributed by atoms with Gasteiger partial charge in [-0.25, -0.2) is 9.07 Å². The summed E-state index contributed by atoms with van der Waals surface area (Å²) in [5.74, 6) is -0.00304. The lowest BCUT2D eigenvalue weighted by Gasteiger charge is -2.06. The molecule has 106 valence electrons. The average molecular weight is 286 g/mol. The summed E-state index contributed by atoms with van der Waals surface area (Å²) in [6.45, 7) is 0.205. The lowest BCUT2D eigenvalue weighted by Crippen LogP contribution is -2.05. The second kappa shape index (κ2) is 5.61. The minimum Gasteiger partial charge on any atom is -0.470 e. The van der Waals surface area contributed by atoms with Crippen molar-refractivity contribution >= 4 is 0 Å². The third-order valence-electron chi connectivity index (χ3n) is 2.82. The molecule has 0 saturated heterocycles. The Hall–Kier alpha value is -2.90. The van der Waals surface area contributed by atoms with Crippen LogP contribution in [0.1, 0.15) is 5.69 Å². The standard InChI is InChI=1S/C13H11FN6O/c1-20-11(8-21-12-3-2-6-16-17-12)13(18-19-20)10-5-4-9(14)7-15-10/h2-7H,8H2,1H3. The molecule has 0 bridgehead atoms. The number of hydrogen-bond donors (Lipinski definition) is 0. The Morgan fingerprint density at radius 3 is 2.86 bits per heavy atom. The second-order valence-corrected chi connectivity index (χ2v) is 4.22. The van der Waals surface area contributed by atoms with E-state index in [1.165, 1.54) is 6.07 Å². The number of ether oxygens (including phenoxy) is 1. The van der Waals surface area contributed by atoms with Crippen molar-refractivity contribution in [2.45, 2.75) is 6.61 Å². The van der Waals surface area contributed by atoms with Crippen LogP contribution in [0.4, 0.5) is 4.39 Å². The predicted molar refractivity (Wildman–Crippen MR) is 70.6 cm³/mol. The molecule has 0 saturated carbocycles. The summed E-state index contributed by atoms with van der Waals surface area (Å²) in [4.78, 5) is 4.00. The highest BCUT2D eigenvalue weighted by atomic mass is 19.1. The van der Waals surface area contributed by atoms with E-state index in [4.69, 9.17) is 4.74 Å². The van der Waals surface area contributed by atoms with Crippen molar-refractivity contribution in [3.05, 3.63) is 48.2 Å². The summed E-state index contributed by atoms with van der Waals surface area (Å²) in [5.41, 5.74) is 1.78. The quantitative estimate of drug-likeness (QED) is 0.721. The number of pyridine rings is 1. The van der Waals surface area contributed by atoms with Gasteiger partial charge in [0.25, 0.3) is 0 Å². The van der Waals surface area contributed by atoms with E-state index in [1.807, 2.05) is 0 Å². The first-order valence-electron chi connectivity index (χ1n) is 6.15. The smallest absolute Gasteiger partial charge is 0.233 e. The maximum Gasteiger partial charge on any atom is 0.233 e. The van der Waals surface area contributed by atoms with Crippen LogP contribution in [0.2, 0.25) is 0 Å². The minimum atomic E-state index is -0.403. The highest BCUT2D eigenvalue weighted by Gasteiger charge is 2.15. The van der Waals surface area contributed by atoms with Gasteiger partial charge in [-0.15, -0.1) is 10.2 Å². The van der Waals surface area contributed by atoms with Gasteiger partial charge >= 0.3 is 0 Å². The van der Waals surface area contributed by atoms with Gasteiger partial charge in [0.05, 0.1) is 11.9 Å². The van der Waals surface area contributed by atoms with Crippen molar-refractivity contribution in [3.63, 3.8) is 0 Å². The number of hydrogen-bond acceptors (Lipinski definition) is 6. The Morgan fingerprint density at radius 1 is 1.24 bits per heavy atom. The fourth-order valence-electron chi connectivity index (χ4n) is 1.76. The molecule has 0 radical (unpaired) electrons. The topological polar surface area (TPSA) is 78.6 Å². The maximum atomic E-state index is 12.9. The van der Waals surface area contributed by atoms with E-state index in [0.717, 1.165) is 6.20 Å². The van der Waals surface area contributed by atoms with E-state index in [1.54, 1.807) is 36.1 Å². The van der Waals surface area contributed by atoms with Crippen LogP contribution in [0.25, 0.3) is 11.4 Å². The van der Waals surface area contributed by atoms with E-state index in [2.05, 4.69) is 25.5 Å². The van der Waals surface area contributed by atoms with Crippen LogP contribution >= 0.6 is 0 Å². The van der Waals surface area contributed by atoms with Crippen LogP contribution in [-0.2, 0) is 13.7 Å². The van der Waals surface area contributed by atoms with Crippen molar-refractivity contribution in [1.82, 2.24) is 30.2 Å². The first-order valence-corrected chi connectivity index (χ1v) is 6.15. The minimum absolute atomic E-state index is 0.205. The molecule has 0 amide bonds. The predicted octanol–water partition coefficient (Wildman–Crippen LogP) is 1.39. The molecule has 3 rings (SSSR count). The zero-order valence-corrected chi connectivity index (χ0v) is 11.1. The summed E-state index contributed by atoms with van der Waals surface area (Å²) < 4.78 is 20.1. The average Bonchev–Trinajstić information content (AvgIpc) is 2.88. The Labute approximate surface area is 119 Å². The first kappa shape index (κ1) is 13.1. The van der Waals surface area contributed by atoms with E-state index in [0.29, 0.717) is 23.0 Å². The lowest BCUT2D eigenvalue weighted by molar-refractivity contribution is 0.280. The van der Waals surface area contributed by atoms with Crippen molar-refractivity contribution in [1.29, 1.82) is 0 Å². The number of aryl methyl sites for hydroxylation is 1. The summed E-state index contributed by atoms with van der Waals surface area (Å²) in [6, 6.07) is 6.30. The Bertz CT molecular complexity index is 728. The Morgan fingerprint density at radius 2 is 2.14 bits per heavy atom. The van der Waals surface area contributed by atoms with Gasteiger partial charge in [-0.3, -0.25) is 4.98 Å². The fraction of sp³-hybridized carbons (Fsp3) is 0.154. The van der Waals surface area contributed by atoms with Crippen LogP contribution < -0.4 is 4.74 Å². The lowest BCUT2D eigenvalue weighted by atomic mass is 10.2. The third kappa shape index (κ3) is 2.83. The van der Waals surface area contributed by atoms with Crippen molar-refractivity contribution < 1.29 is 9.13 Å². The fourth-order valence-corrected chi connectivity index (χ4v) is 1.76. The Balaban J connectivity index is 1.85. The summed E-state index contributed by atoms with van der Waals surface area (Å²) >= 11 is 0. The second-order valence-electron chi connectivity index (χ2n) is 4.22. The number of rotatable bonds is 4. The molecular formula is C13H11FN6O. The van der Waals surface area contributed by atoms with Crippen molar-refractivity contribution in [3.8, 4) is 17.3 Å². The van der Waals surface area contributed by atoms with Gasteiger partial charge in [-0.2, -0.15) is 5.10 Å². The van der Waals surface area contributed by atoms with E-state index >= 15 is 0 Å². The van der Waals surface area contributed by atoms with Crippen LogP contribution in [0.3, 0.4) is 0 Å². The van der Waals surface area contributed by atoms with Crippen molar-refractivity contribution in [2.24, 2.45) is 7.05 Å². The summed E-state index contributed by atoms with van der Waals surface area (Å²) in [6.07, 6.45) is 2.70. The molecule has 0 fully saturated rings. The summed E-state index contributed by atoms with van der Waals surface area (Å²) in [5, 5.41) is 15.5. The van der Waals surface area contributed by atoms with Gasteiger partial charge in [0.1, 0.15) is 23.8 Å². The molecule has 0 spiro atoms. The molecule has 7 nitrogen and oxygen atoms in total. The highest BCUT2D eigenvalue weighted by Crippen LogP contribution is 2.19. The number of nitrogens with zero attached hydrogens (tertiary/aromatic N) is 6. The van der Waals surface area contributed by atoms with Crippen LogP contribution in [0.5, 0.6) is 5.88 Å². The van der Waals surface area contributed by atoms with E-state index in [9.17, 15) is 4.39 Å². The first-order chi connectivity index (χ1) is 10.2. The SMILES string of the molecule is Cn1nnc(-c2ccc(F)cn2)c1COc1cccnn1. The monoisotopic (exact) mass is 286 g/mol. The molecule has 0 N–H and O–H groups in total. The summed E-state index contributed by atoms with van der Waals surface area (Å²) in [7, 11) is 1.75. The molecule has 3 heterocycles. The van der Waals surface area contributed by atoms with Gasteiger partial charge in [0.2, 0.25) is 5.88 Å². The molecule has 0 aliphatic rings. The molecular weight excluding hydrogens is 275 g/mol. The molecule has 3 aromatic rings. The molecule has 3 aromatic heterocycles. The molecule has 21 heavy (non-hydrogen) atoms. The third-order valence-corrected chi connectivity index (χ3v) is 2.82. The zero-order chi connectivity index (χ0) is 14.7. The van der Waals surface area contributed by atoms with E-state index < -0.39 is 5.82 Å². The molecule has 0 aliphatic heterocycles. The number of halogens is 1. The van der Waals surface area contributed by atoms with Gasteiger partial charge in [-0.1, -0.05) is 5.21 Å². The van der Waals surface area contributed by atoms with Gasteiger partial charge < -0.3 is 4.74 Å². The van der Waals surface area contributed by atoms with Crippen LogP contribution in [0.15, 0.2) is 36.7 Å². The highest BCUT2D eigenvalue weighted by molar-refractivity contribution is 5.56. The largest absolute Gasteiger partial charge is 0.470 e. The van der Waals surface area contributed by atoms with E-state index in [-0.39, 0.29) is 6.61 Å².